The van der Waals surface area contributed by atoms with Gasteiger partial charge in [0.2, 0.25) is 10.0 Å². The van der Waals surface area contributed by atoms with Crippen molar-refractivity contribution in [2.45, 2.75) is 20.4 Å². The minimum absolute atomic E-state index is 0.290. The first-order valence-corrected chi connectivity index (χ1v) is 8.79. The number of sulfonamides is 1. The van der Waals surface area contributed by atoms with Gasteiger partial charge >= 0.3 is 0 Å². The third-order valence-electron chi connectivity index (χ3n) is 3.42. The topological polar surface area (TPSA) is 37.4 Å². The molecule has 0 aromatic heterocycles. The number of anilines is 1. The van der Waals surface area contributed by atoms with Crippen LogP contribution in [0.1, 0.15) is 16.7 Å². The molecule has 0 fully saturated rings. The highest BCUT2D eigenvalue weighted by atomic mass is 35.5. The monoisotopic (exact) mass is 323 g/mol. The molecule has 3 nitrogen and oxygen atoms in total. The SMILES string of the molecule is Cc1ccc(N(Cc2ccc(Cl)cc2)S(C)(=O)=O)cc1C. The van der Waals surface area contributed by atoms with E-state index in [2.05, 4.69) is 0 Å². The van der Waals surface area contributed by atoms with Crippen molar-refractivity contribution in [2.75, 3.05) is 10.6 Å². The van der Waals surface area contributed by atoms with Crippen LogP contribution in [0.4, 0.5) is 5.69 Å². The van der Waals surface area contributed by atoms with Crippen molar-refractivity contribution in [1.82, 2.24) is 0 Å². The van der Waals surface area contributed by atoms with Crippen LogP contribution in [0.3, 0.4) is 0 Å². The summed E-state index contributed by atoms with van der Waals surface area (Å²) in [7, 11) is -3.36. The fourth-order valence-electron chi connectivity index (χ4n) is 2.04. The van der Waals surface area contributed by atoms with Gasteiger partial charge in [-0.1, -0.05) is 29.8 Å². The first-order valence-electron chi connectivity index (χ1n) is 6.57. The van der Waals surface area contributed by atoms with Gasteiger partial charge in [-0.3, -0.25) is 4.31 Å². The predicted octanol–water partition coefficient (Wildman–Crippen LogP) is 3.92. The Labute approximate surface area is 131 Å². The van der Waals surface area contributed by atoms with Crippen molar-refractivity contribution >= 4 is 27.3 Å². The minimum Gasteiger partial charge on any atom is -0.266 e. The van der Waals surface area contributed by atoms with E-state index in [0.29, 0.717) is 17.3 Å². The number of benzene rings is 2. The normalized spacial score (nSPS) is 11.4. The van der Waals surface area contributed by atoms with E-state index in [9.17, 15) is 8.42 Å². The van der Waals surface area contributed by atoms with Gasteiger partial charge in [0.15, 0.2) is 0 Å². The number of halogens is 1. The van der Waals surface area contributed by atoms with Gasteiger partial charge in [-0.05, 0) is 54.8 Å². The third-order valence-corrected chi connectivity index (χ3v) is 4.81. The van der Waals surface area contributed by atoms with Gasteiger partial charge in [0, 0.05) is 5.02 Å². The molecule has 0 atom stereocenters. The maximum absolute atomic E-state index is 12.1. The molecule has 2 aromatic carbocycles. The van der Waals surface area contributed by atoms with Crippen LogP contribution in [-0.2, 0) is 16.6 Å². The van der Waals surface area contributed by atoms with E-state index < -0.39 is 10.0 Å². The second-order valence-electron chi connectivity index (χ2n) is 5.16. The van der Waals surface area contributed by atoms with Gasteiger partial charge in [0.1, 0.15) is 0 Å². The maximum atomic E-state index is 12.1. The quantitative estimate of drug-likeness (QED) is 0.855. The highest BCUT2D eigenvalue weighted by molar-refractivity contribution is 7.92. The molecule has 2 aromatic rings. The zero-order chi connectivity index (χ0) is 15.6. The Morgan fingerprint density at radius 1 is 1.00 bits per heavy atom. The summed E-state index contributed by atoms with van der Waals surface area (Å²) in [6.45, 7) is 4.27. The molecule has 2 rings (SSSR count). The van der Waals surface area contributed by atoms with E-state index in [-0.39, 0.29) is 0 Å². The molecule has 0 N–H and O–H groups in total. The summed E-state index contributed by atoms with van der Waals surface area (Å²) in [5.41, 5.74) is 3.77. The molecule has 0 aliphatic carbocycles. The second-order valence-corrected chi connectivity index (χ2v) is 7.51. The summed E-state index contributed by atoms with van der Waals surface area (Å²) < 4.78 is 25.6. The molecule has 0 radical (unpaired) electrons. The summed E-state index contributed by atoms with van der Waals surface area (Å²) in [5.74, 6) is 0. The zero-order valence-electron chi connectivity index (χ0n) is 12.3. The van der Waals surface area contributed by atoms with E-state index in [1.165, 1.54) is 10.6 Å². The molecule has 0 saturated heterocycles. The van der Waals surface area contributed by atoms with Gasteiger partial charge in [0.05, 0.1) is 18.5 Å². The molecule has 0 aliphatic rings. The largest absolute Gasteiger partial charge is 0.266 e. The molecule has 0 saturated carbocycles. The van der Waals surface area contributed by atoms with Gasteiger partial charge in [-0.25, -0.2) is 8.42 Å². The first-order chi connectivity index (χ1) is 9.77. The summed E-state index contributed by atoms with van der Waals surface area (Å²) in [6, 6.07) is 12.9. The molecule has 0 amide bonds. The molecule has 0 aliphatic heterocycles. The average molecular weight is 324 g/mol. The highest BCUT2D eigenvalue weighted by Crippen LogP contribution is 2.23. The van der Waals surface area contributed by atoms with Crippen LogP contribution >= 0.6 is 11.6 Å². The van der Waals surface area contributed by atoms with Crippen LogP contribution in [0, 0.1) is 13.8 Å². The molecule has 0 spiro atoms. The molecule has 5 heteroatoms. The van der Waals surface area contributed by atoms with E-state index in [0.717, 1.165) is 16.7 Å². The smallest absolute Gasteiger partial charge is 0.232 e. The van der Waals surface area contributed by atoms with Crippen molar-refractivity contribution in [3.05, 3.63) is 64.2 Å². The number of aryl methyl sites for hydroxylation is 2. The molecule has 0 bridgehead atoms. The van der Waals surface area contributed by atoms with E-state index in [1.807, 2.05) is 44.2 Å². The van der Waals surface area contributed by atoms with Crippen LogP contribution in [0.2, 0.25) is 5.02 Å². The fourth-order valence-corrected chi connectivity index (χ4v) is 3.04. The van der Waals surface area contributed by atoms with E-state index in [4.69, 9.17) is 11.6 Å². The summed E-state index contributed by atoms with van der Waals surface area (Å²) in [4.78, 5) is 0. The van der Waals surface area contributed by atoms with E-state index >= 15 is 0 Å². The number of nitrogens with zero attached hydrogens (tertiary/aromatic N) is 1. The first kappa shape index (κ1) is 15.9. The summed E-state index contributed by atoms with van der Waals surface area (Å²) in [6.07, 6.45) is 1.22. The Morgan fingerprint density at radius 3 is 2.14 bits per heavy atom. The fraction of sp³-hybridized carbons (Fsp3) is 0.250. The van der Waals surface area contributed by atoms with Crippen LogP contribution < -0.4 is 4.31 Å². The molecule has 112 valence electrons. The Morgan fingerprint density at radius 2 is 1.62 bits per heavy atom. The summed E-state index contributed by atoms with van der Waals surface area (Å²) in [5, 5.41) is 0.635. The van der Waals surface area contributed by atoms with Crippen molar-refractivity contribution in [1.29, 1.82) is 0 Å². The lowest BCUT2D eigenvalue weighted by atomic mass is 10.1. The third kappa shape index (κ3) is 3.99. The average Bonchev–Trinajstić information content (AvgIpc) is 2.40. The second kappa shape index (κ2) is 6.08. The Balaban J connectivity index is 2.39. The Hall–Kier alpha value is -1.52. The lowest BCUT2D eigenvalue weighted by Gasteiger charge is -2.23. The summed E-state index contributed by atoms with van der Waals surface area (Å²) >= 11 is 5.86. The van der Waals surface area contributed by atoms with Gasteiger partial charge in [0.25, 0.3) is 0 Å². The Kier molecular flexibility index (Phi) is 4.59. The minimum atomic E-state index is -3.36. The standard InChI is InChI=1S/C16H18ClNO2S/c1-12-4-9-16(10-13(12)2)18(21(3,19)20)11-14-5-7-15(17)8-6-14/h4-10H,11H2,1-3H3. The predicted molar refractivity (Wildman–Crippen MR) is 88.4 cm³/mol. The van der Waals surface area contributed by atoms with Crippen LogP contribution in [0.15, 0.2) is 42.5 Å². The number of rotatable bonds is 4. The van der Waals surface area contributed by atoms with E-state index in [1.54, 1.807) is 12.1 Å². The van der Waals surface area contributed by atoms with Crippen molar-refractivity contribution in [2.24, 2.45) is 0 Å². The molecule has 0 heterocycles. The van der Waals surface area contributed by atoms with Crippen LogP contribution in [0.25, 0.3) is 0 Å². The highest BCUT2D eigenvalue weighted by Gasteiger charge is 2.18. The molecular formula is C16H18ClNO2S. The maximum Gasteiger partial charge on any atom is 0.232 e. The van der Waals surface area contributed by atoms with Gasteiger partial charge in [-0.2, -0.15) is 0 Å². The number of hydrogen-bond donors (Lipinski definition) is 0. The molecular weight excluding hydrogens is 306 g/mol. The molecule has 0 unspecified atom stereocenters. The van der Waals surface area contributed by atoms with Gasteiger partial charge in [-0.15, -0.1) is 0 Å². The van der Waals surface area contributed by atoms with Crippen molar-refractivity contribution < 1.29 is 8.42 Å². The van der Waals surface area contributed by atoms with Crippen molar-refractivity contribution in [3.8, 4) is 0 Å². The van der Waals surface area contributed by atoms with Crippen molar-refractivity contribution in [3.63, 3.8) is 0 Å². The Bertz CT molecular complexity index is 739. The van der Waals surface area contributed by atoms with Crippen LogP contribution in [0.5, 0.6) is 0 Å². The number of hydrogen-bond acceptors (Lipinski definition) is 2. The molecule has 21 heavy (non-hydrogen) atoms. The lowest BCUT2D eigenvalue weighted by molar-refractivity contribution is 0.596. The van der Waals surface area contributed by atoms with Gasteiger partial charge < -0.3 is 0 Å². The van der Waals surface area contributed by atoms with Crippen LogP contribution in [-0.4, -0.2) is 14.7 Å². The lowest BCUT2D eigenvalue weighted by Crippen LogP contribution is -2.29. The zero-order valence-corrected chi connectivity index (χ0v) is 13.9.